The molecule has 0 bridgehead atoms. The van der Waals surface area contributed by atoms with E-state index in [0.29, 0.717) is 18.4 Å². The van der Waals surface area contributed by atoms with E-state index < -0.39 is 34.8 Å². The molecule has 0 spiro atoms. The fourth-order valence-corrected chi connectivity index (χ4v) is 3.11. The second-order valence-electron chi connectivity index (χ2n) is 12.2. The normalized spacial score (nSPS) is 12.9. The maximum Gasteiger partial charge on any atom is 0.323 e. The largest absolute Gasteiger partial charge is 0.468 e. The maximum atomic E-state index is 12.9. The van der Waals surface area contributed by atoms with E-state index in [1.54, 1.807) is 45.9 Å². The van der Waals surface area contributed by atoms with Crippen LogP contribution in [0.15, 0.2) is 18.2 Å². The van der Waals surface area contributed by atoms with Crippen molar-refractivity contribution in [1.82, 2.24) is 5.32 Å². The minimum Gasteiger partial charge on any atom is -0.468 e. The van der Waals surface area contributed by atoms with Crippen LogP contribution in [0.25, 0.3) is 0 Å². The van der Waals surface area contributed by atoms with Crippen molar-refractivity contribution in [1.29, 1.82) is 0 Å². The number of benzene rings is 1. The van der Waals surface area contributed by atoms with Crippen molar-refractivity contribution in [2.75, 3.05) is 20.3 Å². The van der Waals surface area contributed by atoms with Crippen LogP contribution < -0.4 is 14.8 Å². The number of methoxy groups -OCH3 is 1. The lowest BCUT2D eigenvalue weighted by atomic mass is 9.90. The molecule has 0 saturated heterocycles. The number of ether oxygens (including phenoxy) is 4. The van der Waals surface area contributed by atoms with Gasteiger partial charge in [-0.2, -0.15) is 0 Å². The molecule has 220 valence electrons. The van der Waals surface area contributed by atoms with Crippen LogP contribution in [0.1, 0.15) is 87.1 Å². The molecule has 9 nitrogen and oxygen atoms in total. The summed E-state index contributed by atoms with van der Waals surface area (Å²) in [6, 6.07) is 4.10. The van der Waals surface area contributed by atoms with Gasteiger partial charge in [-0.15, -0.1) is 0 Å². The van der Waals surface area contributed by atoms with Gasteiger partial charge in [0.25, 0.3) is 0 Å². The van der Waals surface area contributed by atoms with E-state index in [4.69, 9.17) is 18.9 Å². The SMILES string of the molecule is CCC(C)(C)C(=O)Oc1ccc(C[C@H](NCCOC(=O)CC(C)(C)C)C(=O)OC)cc1OC(=O)C(C)(C)CC. The first kappa shape index (κ1) is 34.1. The smallest absolute Gasteiger partial charge is 0.323 e. The summed E-state index contributed by atoms with van der Waals surface area (Å²) in [5, 5.41) is 3.06. The minimum absolute atomic E-state index is 0.0963. The highest BCUT2D eigenvalue weighted by atomic mass is 16.6. The van der Waals surface area contributed by atoms with Crippen LogP contribution in [0.4, 0.5) is 0 Å². The van der Waals surface area contributed by atoms with Gasteiger partial charge in [0.1, 0.15) is 12.6 Å². The fourth-order valence-electron chi connectivity index (χ4n) is 3.11. The molecule has 0 unspecified atom stereocenters. The van der Waals surface area contributed by atoms with E-state index >= 15 is 0 Å². The lowest BCUT2D eigenvalue weighted by molar-refractivity contribution is -0.147. The summed E-state index contributed by atoms with van der Waals surface area (Å²) in [7, 11) is 1.29. The van der Waals surface area contributed by atoms with E-state index in [9.17, 15) is 19.2 Å². The van der Waals surface area contributed by atoms with Gasteiger partial charge in [-0.1, -0.05) is 40.7 Å². The predicted octanol–water partition coefficient (Wildman–Crippen LogP) is 5.02. The molecule has 0 amide bonds. The van der Waals surface area contributed by atoms with Gasteiger partial charge in [0, 0.05) is 6.54 Å². The Kier molecular flexibility index (Phi) is 12.6. The van der Waals surface area contributed by atoms with Gasteiger partial charge in [-0.3, -0.25) is 19.2 Å². The first-order chi connectivity index (χ1) is 18.0. The second-order valence-corrected chi connectivity index (χ2v) is 12.2. The van der Waals surface area contributed by atoms with Crippen LogP contribution in [0.3, 0.4) is 0 Å². The van der Waals surface area contributed by atoms with Crippen LogP contribution in [0.2, 0.25) is 0 Å². The third kappa shape index (κ3) is 11.4. The van der Waals surface area contributed by atoms with Gasteiger partial charge < -0.3 is 24.3 Å². The highest BCUT2D eigenvalue weighted by molar-refractivity contribution is 5.81. The molecule has 0 aliphatic rings. The number of carbonyl (C=O) groups is 4. The summed E-state index contributed by atoms with van der Waals surface area (Å²) < 4.78 is 21.6. The molecule has 9 heteroatoms. The molecule has 0 saturated carbocycles. The topological polar surface area (TPSA) is 117 Å². The fraction of sp³-hybridized carbons (Fsp3) is 0.667. The lowest BCUT2D eigenvalue weighted by Gasteiger charge is -2.24. The van der Waals surface area contributed by atoms with Crippen molar-refractivity contribution in [3.05, 3.63) is 23.8 Å². The Bertz CT molecular complexity index is 1010. The van der Waals surface area contributed by atoms with Gasteiger partial charge >= 0.3 is 23.9 Å². The van der Waals surface area contributed by atoms with Crippen molar-refractivity contribution in [2.45, 2.75) is 94.0 Å². The Morgan fingerprint density at radius 3 is 1.87 bits per heavy atom. The summed E-state index contributed by atoms with van der Waals surface area (Å²) in [4.78, 5) is 50.1. The molecule has 0 fully saturated rings. The summed E-state index contributed by atoms with van der Waals surface area (Å²) in [5.41, 5.74) is -1.01. The molecule has 1 rings (SSSR count). The average molecular weight is 550 g/mol. The molecule has 0 aliphatic heterocycles. The molecule has 1 aromatic carbocycles. The summed E-state index contributed by atoms with van der Waals surface area (Å²) in [6.07, 6.45) is 1.60. The number of hydrogen-bond acceptors (Lipinski definition) is 9. The van der Waals surface area contributed by atoms with E-state index in [1.165, 1.54) is 7.11 Å². The summed E-state index contributed by atoms with van der Waals surface area (Å²) in [6.45, 7) is 17.1. The van der Waals surface area contributed by atoms with Gasteiger partial charge in [-0.25, -0.2) is 0 Å². The molecule has 0 aliphatic carbocycles. The monoisotopic (exact) mass is 549 g/mol. The van der Waals surface area contributed by atoms with Gasteiger partial charge in [0.2, 0.25) is 0 Å². The van der Waals surface area contributed by atoms with Crippen LogP contribution in [0.5, 0.6) is 11.5 Å². The molecular weight excluding hydrogens is 502 g/mol. The summed E-state index contributed by atoms with van der Waals surface area (Å²) >= 11 is 0. The molecule has 1 N–H and O–H groups in total. The van der Waals surface area contributed by atoms with Crippen LogP contribution >= 0.6 is 0 Å². The minimum atomic E-state index is -0.751. The van der Waals surface area contributed by atoms with E-state index in [2.05, 4.69) is 5.32 Å². The first-order valence-corrected chi connectivity index (χ1v) is 13.5. The number of carbonyl (C=O) groups excluding carboxylic acids is 4. The van der Waals surface area contributed by atoms with Crippen LogP contribution in [-0.2, 0) is 35.1 Å². The number of hydrogen-bond donors (Lipinski definition) is 1. The van der Waals surface area contributed by atoms with Crippen molar-refractivity contribution < 1.29 is 38.1 Å². The van der Waals surface area contributed by atoms with Gasteiger partial charge in [0.05, 0.1) is 24.4 Å². The standard InChI is InChI=1S/C30H47NO8/c1-11-29(6,7)26(34)38-22-14-13-20(18-23(22)39-27(35)30(8,9)12-2)17-21(25(33)36-10)31-15-16-37-24(32)19-28(3,4)5/h13-14,18,21,31H,11-12,15-17,19H2,1-10H3/t21-/m0/s1. The van der Waals surface area contributed by atoms with E-state index in [1.807, 2.05) is 34.6 Å². The third-order valence-corrected chi connectivity index (χ3v) is 6.64. The lowest BCUT2D eigenvalue weighted by Crippen LogP contribution is -2.41. The zero-order valence-electron chi connectivity index (χ0n) is 25.3. The van der Waals surface area contributed by atoms with E-state index in [-0.39, 0.29) is 48.9 Å². The van der Waals surface area contributed by atoms with Crippen LogP contribution in [0, 0.1) is 16.2 Å². The summed E-state index contributed by atoms with van der Waals surface area (Å²) in [5.74, 6) is -1.50. The molecule has 0 aromatic heterocycles. The highest BCUT2D eigenvalue weighted by Gasteiger charge is 2.32. The third-order valence-electron chi connectivity index (χ3n) is 6.64. The van der Waals surface area contributed by atoms with E-state index in [0.717, 1.165) is 0 Å². The first-order valence-electron chi connectivity index (χ1n) is 13.5. The Labute approximate surface area is 233 Å². The molecule has 1 aromatic rings. The van der Waals surface area contributed by atoms with Crippen molar-refractivity contribution in [3.8, 4) is 11.5 Å². The van der Waals surface area contributed by atoms with Crippen molar-refractivity contribution in [3.63, 3.8) is 0 Å². The molecule has 1 atom stereocenters. The average Bonchev–Trinajstić information content (AvgIpc) is 2.85. The highest BCUT2D eigenvalue weighted by Crippen LogP contribution is 2.34. The molecular formula is C30H47NO8. The van der Waals surface area contributed by atoms with Crippen molar-refractivity contribution in [2.24, 2.45) is 16.2 Å². The molecule has 0 heterocycles. The zero-order chi connectivity index (χ0) is 30.0. The number of rotatable bonds is 14. The van der Waals surface area contributed by atoms with Crippen LogP contribution in [-0.4, -0.2) is 50.2 Å². The Balaban J connectivity index is 3.13. The maximum absolute atomic E-state index is 12.9. The van der Waals surface area contributed by atoms with Gasteiger partial charge in [-0.05, 0) is 70.1 Å². The second kappa shape index (κ2) is 14.4. The number of esters is 4. The van der Waals surface area contributed by atoms with Gasteiger partial charge in [0.15, 0.2) is 11.5 Å². The molecule has 39 heavy (non-hydrogen) atoms. The number of nitrogens with one attached hydrogen (secondary N) is 1. The zero-order valence-corrected chi connectivity index (χ0v) is 25.3. The molecule has 0 radical (unpaired) electrons. The Morgan fingerprint density at radius 2 is 1.38 bits per heavy atom. The quantitative estimate of drug-likeness (QED) is 0.194. The predicted molar refractivity (Wildman–Crippen MR) is 148 cm³/mol. The Hall–Kier alpha value is -2.94. The Morgan fingerprint density at radius 1 is 0.846 bits per heavy atom. The van der Waals surface area contributed by atoms with Crippen molar-refractivity contribution >= 4 is 23.9 Å².